The van der Waals surface area contributed by atoms with Gasteiger partial charge in [0.25, 0.3) is 5.91 Å². The number of benzene rings is 2. The lowest BCUT2D eigenvalue weighted by Gasteiger charge is -2.15. The van der Waals surface area contributed by atoms with E-state index in [0.717, 1.165) is 22.2 Å². The molecule has 24 heavy (non-hydrogen) atoms. The van der Waals surface area contributed by atoms with Gasteiger partial charge in [0.1, 0.15) is 11.6 Å². The fourth-order valence-electron chi connectivity index (χ4n) is 2.07. The molecule has 0 fully saturated rings. The second-order valence-electron chi connectivity index (χ2n) is 5.18. The van der Waals surface area contributed by atoms with Gasteiger partial charge in [-0.2, -0.15) is 0 Å². The molecule has 2 aromatic rings. The number of hydrogen-bond acceptors (Lipinski definition) is 2. The predicted molar refractivity (Wildman–Crippen MR) is 89.4 cm³/mol. The van der Waals surface area contributed by atoms with Crippen molar-refractivity contribution in [2.24, 2.45) is 0 Å². The smallest absolute Gasteiger partial charge is 0.251 e. The lowest BCUT2D eigenvalue weighted by molar-refractivity contribution is -0.120. The highest BCUT2D eigenvalue weighted by molar-refractivity contribution is 9.10. The van der Waals surface area contributed by atoms with E-state index in [2.05, 4.69) is 26.6 Å². The summed E-state index contributed by atoms with van der Waals surface area (Å²) in [5.74, 6) is -2.84. The highest BCUT2D eigenvalue weighted by atomic mass is 79.9. The van der Waals surface area contributed by atoms with Crippen molar-refractivity contribution >= 4 is 27.7 Å². The molecule has 4 nitrogen and oxygen atoms in total. The van der Waals surface area contributed by atoms with Crippen LogP contribution in [-0.2, 0) is 4.79 Å². The number of carbonyl (C=O) groups excluding carboxylic acids is 2. The van der Waals surface area contributed by atoms with Gasteiger partial charge in [-0.05, 0) is 36.8 Å². The maximum Gasteiger partial charge on any atom is 0.251 e. The van der Waals surface area contributed by atoms with E-state index in [4.69, 9.17) is 0 Å². The standard InChI is InChI=1S/C17H15BrF2N2O2/c1-10(11-2-4-13(18)5-3-11)22-16(23)9-21-17(24)12-6-14(19)8-15(20)7-12/h2-8,10H,9H2,1H3,(H,21,24)(H,22,23). The van der Waals surface area contributed by atoms with Crippen molar-refractivity contribution in [2.75, 3.05) is 6.54 Å². The Morgan fingerprint density at radius 1 is 1.08 bits per heavy atom. The number of rotatable bonds is 5. The summed E-state index contributed by atoms with van der Waals surface area (Å²) in [5.41, 5.74) is 0.728. The summed E-state index contributed by atoms with van der Waals surface area (Å²) in [7, 11) is 0. The number of carbonyl (C=O) groups is 2. The molecule has 0 heterocycles. The Balaban J connectivity index is 1.88. The number of nitrogens with one attached hydrogen (secondary N) is 2. The summed E-state index contributed by atoms with van der Waals surface area (Å²) >= 11 is 3.33. The zero-order valence-electron chi connectivity index (χ0n) is 12.8. The molecule has 2 aromatic carbocycles. The topological polar surface area (TPSA) is 58.2 Å². The Labute approximate surface area is 146 Å². The average Bonchev–Trinajstić information content (AvgIpc) is 2.52. The molecule has 2 rings (SSSR count). The van der Waals surface area contributed by atoms with E-state index in [1.54, 1.807) is 0 Å². The van der Waals surface area contributed by atoms with Gasteiger partial charge in [-0.15, -0.1) is 0 Å². The Hall–Kier alpha value is -2.28. The van der Waals surface area contributed by atoms with Crippen molar-refractivity contribution in [3.63, 3.8) is 0 Å². The van der Waals surface area contributed by atoms with Gasteiger partial charge in [0.15, 0.2) is 0 Å². The van der Waals surface area contributed by atoms with E-state index in [-0.39, 0.29) is 18.2 Å². The second kappa shape index (κ2) is 8.01. The van der Waals surface area contributed by atoms with Crippen LogP contribution < -0.4 is 10.6 Å². The van der Waals surface area contributed by atoms with Crippen LogP contribution in [0, 0.1) is 11.6 Å². The van der Waals surface area contributed by atoms with Gasteiger partial charge in [0.05, 0.1) is 12.6 Å². The fraction of sp³-hybridized carbons (Fsp3) is 0.176. The zero-order chi connectivity index (χ0) is 17.7. The highest BCUT2D eigenvalue weighted by Crippen LogP contribution is 2.16. The van der Waals surface area contributed by atoms with Crippen LogP contribution >= 0.6 is 15.9 Å². The lowest BCUT2D eigenvalue weighted by Crippen LogP contribution is -2.38. The summed E-state index contributed by atoms with van der Waals surface area (Å²) in [4.78, 5) is 23.7. The largest absolute Gasteiger partial charge is 0.348 e. The van der Waals surface area contributed by atoms with E-state index in [1.807, 2.05) is 31.2 Å². The van der Waals surface area contributed by atoms with Gasteiger partial charge < -0.3 is 10.6 Å². The van der Waals surface area contributed by atoms with E-state index in [9.17, 15) is 18.4 Å². The SMILES string of the molecule is CC(NC(=O)CNC(=O)c1cc(F)cc(F)c1)c1ccc(Br)cc1. The van der Waals surface area contributed by atoms with Gasteiger partial charge in [-0.3, -0.25) is 9.59 Å². The Morgan fingerprint density at radius 3 is 2.25 bits per heavy atom. The van der Waals surface area contributed by atoms with E-state index < -0.39 is 23.4 Å². The van der Waals surface area contributed by atoms with Crippen LogP contribution in [-0.4, -0.2) is 18.4 Å². The van der Waals surface area contributed by atoms with Crippen molar-refractivity contribution in [3.05, 3.63) is 69.7 Å². The molecule has 0 spiro atoms. The average molecular weight is 397 g/mol. The van der Waals surface area contributed by atoms with Gasteiger partial charge in [-0.1, -0.05) is 28.1 Å². The fourth-order valence-corrected chi connectivity index (χ4v) is 2.34. The summed E-state index contributed by atoms with van der Waals surface area (Å²) in [6.07, 6.45) is 0. The number of amides is 2. The molecule has 2 N–H and O–H groups in total. The Kier molecular flexibility index (Phi) is 6.03. The van der Waals surface area contributed by atoms with Crippen molar-refractivity contribution in [1.29, 1.82) is 0 Å². The normalized spacial score (nSPS) is 11.7. The van der Waals surface area contributed by atoms with E-state index in [0.29, 0.717) is 6.07 Å². The van der Waals surface area contributed by atoms with Crippen LogP contribution in [0.3, 0.4) is 0 Å². The third kappa shape index (κ3) is 5.13. The molecule has 0 saturated carbocycles. The van der Waals surface area contributed by atoms with Crippen molar-refractivity contribution < 1.29 is 18.4 Å². The first kappa shape index (κ1) is 18.1. The maximum atomic E-state index is 13.1. The Morgan fingerprint density at radius 2 is 1.67 bits per heavy atom. The molecule has 1 atom stereocenters. The predicted octanol–water partition coefficient (Wildman–Crippen LogP) is 3.33. The number of halogens is 3. The monoisotopic (exact) mass is 396 g/mol. The van der Waals surface area contributed by atoms with Gasteiger partial charge in [0.2, 0.25) is 5.91 Å². The van der Waals surface area contributed by atoms with E-state index in [1.165, 1.54) is 0 Å². The quantitative estimate of drug-likeness (QED) is 0.814. The summed E-state index contributed by atoms with van der Waals surface area (Å²) in [5, 5.41) is 5.06. The van der Waals surface area contributed by atoms with Crippen LogP contribution in [0.25, 0.3) is 0 Å². The molecule has 0 aliphatic carbocycles. The molecular weight excluding hydrogens is 382 g/mol. The second-order valence-corrected chi connectivity index (χ2v) is 6.10. The molecule has 0 saturated heterocycles. The Bertz CT molecular complexity index is 731. The molecule has 0 aromatic heterocycles. The zero-order valence-corrected chi connectivity index (χ0v) is 14.4. The van der Waals surface area contributed by atoms with Crippen LogP contribution in [0.2, 0.25) is 0 Å². The molecule has 2 amide bonds. The molecule has 0 aliphatic heterocycles. The van der Waals surface area contributed by atoms with Gasteiger partial charge in [0, 0.05) is 16.1 Å². The third-order valence-electron chi connectivity index (χ3n) is 3.28. The van der Waals surface area contributed by atoms with Gasteiger partial charge in [-0.25, -0.2) is 8.78 Å². The minimum Gasteiger partial charge on any atom is -0.348 e. The van der Waals surface area contributed by atoms with Crippen LogP contribution in [0.5, 0.6) is 0 Å². The summed E-state index contributed by atoms with van der Waals surface area (Å²) < 4.78 is 27.1. The minimum atomic E-state index is -0.853. The maximum absolute atomic E-state index is 13.1. The minimum absolute atomic E-state index is 0.179. The lowest BCUT2D eigenvalue weighted by atomic mass is 10.1. The summed E-state index contributed by atoms with van der Waals surface area (Å²) in [6, 6.07) is 9.68. The van der Waals surface area contributed by atoms with Crippen molar-refractivity contribution in [3.8, 4) is 0 Å². The van der Waals surface area contributed by atoms with E-state index >= 15 is 0 Å². The number of hydrogen-bond donors (Lipinski definition) is 2. The molecule has 0 radical (unpaired) electrons. The molecule has 1 unspecified atom stereocenters. The first-order valence-corrected chi connectivity index (χ1v) is 7.93. The van der Waals surface area contributed by atoms with Crippen molar-refractivity contribution in [2.45, 2.75) is 13.0 Å². The molecule has 0 aliphatic rings. The molecule has 0 bridgehead atoms. The third-order valence-corrected chi connectivity index (χ3v) is 3.81. The molecular formula is C17H15BrF2N2O2. The first-order chi connectivity index (χ1) is 11.3. The van der Waals surface area contributed by atoms with Gasteiger partial charge >= 0.3 is 0 Å². The van der Waals surface area contributed by atoms with Crippen LogP contribution in [0.1, 0.15) is 28.9 Å². The highest BCUT2D eigenvalue weighted by Gasteiger charge is 2.13. The summed E-state index contributed by atoms with van der Waals surface area (Å²) in [6.45, 7) is 1.52. The van der Waals surface area contributed by atoms with Crippen LogP contribution in [0.15, 0.2) is 46.9 Å². The molecule has 7 heteroatoms. The molecule has 126 valence electrons. The van der Waals surface area contributed by atoms with Crippen molar-refractivity contribution in [1.82, 2.24) is 10.6 Å². The first-order valence-electron chi connectivity index (χ1n) is 7.14. The van der Waals surface area contributed by atoms with Crippen LogP contribution in [0.4, 0.5) is 8.78 Å².